The number of carbonyl (C=O) groups is 1. The summed E-state index contributed by atoms with van der Waals surface area (Å²) >= 11 is 0. The lowest BCUT2D eigenvalue weighted by Crippen LogP contribution is -1.84. The molecule has 0 aromatic heterocycles. The van der Waals surface area contributed by atoms with E-state index in [9.17, 15) is 13.6 Å². The predicted molar refractivity (Wildman–Crippen MR) is 43.1 cm³/mol. The van der Waals surface area contributed by atoms with Gasteiger partial charge in [0.15, 0.2) is 17.4 Å². The molecule has 0 aliphatic rings. The molecule has 2 nitrogen and oxygen atoms in total. The van der Waals surface area contributed by atoms with E-state index in [-0.39, 0.29) is 5.56 Å². The Balaban J connectivity index is 3.12. The summed E-state index contributed by atoms with van der Waals surface area (Å²) in [5.74, 6) is -3.11. The molecule has 0 radical (unpaired) electrons. The number of phenols is 1. The molecule has 68 valence electrons. The van der Waals surface area contributed by atoms with Gasteiger partial charge in [-0.05, 0) is 23.8 Å². The number of hydrogen-bond donors (Lipinski definition) is 1. The van der Waals surface area contributed by atoms with Crippen LogP contribution in [0.1, 0.15) is 5.56 Å². The van der Waals surface area contributed by atoms with Crippen LogP contribution < -0.4 is 0 Å². The van der Waals surface area contributed by atoms with E-state index < -0.39 is 17.4 Å². The van der Waals surface area contributed by atoms with Crippen molar-refractivity contribution < 1.29 is 18.7 Å². The number of allylic oxidation sites excluding steroid dienone is 1. The second kappa shape index (κ2) is 3.80. The lowest BCUT2D eigenvalue weighted by atomic mass is 10.2. The van der Waals surface area contributed by atoms with Gasteiger partial charge >= 0.3 is 0 Å². The molecule has 4 heteroatoms. The minimum Gasteiger partial charge on any atom is -0.503 e. The van der Waals surface area contributed by atoms with E-state index in [4.69, 9.17) is 5.11 Å². The molecule has 0 fully saturated rings. The Labute approximate surface area is 73.1 Å². The zero-order chi connectivity index (χ0) is 9.84. The van der Waals surface area contributed by atoms with Crippen LogP contribution in [0.2, 0.25) is 0 Å². The molecular formula is C9H6F2O2. The summed E-state index contributed by atoms with van der Waals surface area (Å²) < 4.78 is 25.3. The molecule has 0 saturated carbocycles. The molecule has 1 rings (SSSR count). The molecule has 0 bridgehead atoms. The lowest BCUT2D eigenvalue weighted by Gasteiger charge is -1.98. The molecule has 0 aliphatic carbocycles. The van der Waals surface area contributed by atoms with Crippen LogP contribution in [0, 0.1) is 11.6 Å². The van der Waals surface area contributed by atoms with Gasteiger partial charge < -0.3 is 5.11 Å². The number of carbonyl (C=O) groups excluding carboxylic acids is 1. The molecule has 0 saturated heterocycles. The Morgan fingerprint density at radius 1 is 1.23 bits per heavy atom. The summed E-state index contributed by atoms with van der Waals surface area (Å²) in [6, 6.07) is 1.86. The summed E-state index contributed by atoms with van der Waals surface area (Å²) in [5, 5.41) is 8.71. The second-order valence-corrected chi connectivity index (χ2v) is 2.33. The van der Waals surface area contributed by atoms with Gasteiger partial charge in [-0.25, -0.2) is 8.78 Å². The normalized spacial score (nSPS) is 10.6. The third-order valence-corrected chi connectivity index (χ3v) is 1.41. The molecule has 13 heavy (non-hydrogen) atoms. The molecule has 0 spiro atoms. The maximum Gasteiger partial charge on any atom is 0.187 e. The van der Waals surface area contributed by atoms with Gasteiger partial charge in [0.25, 0.3) is 0 Å². The fraction of sp³-hybridized carbons (Fsp3) is 0. The fourth-order valence-corrected chi connectivity index (χ4v) is 0.832. The number of benzene rings is 1. The van der Waals surface area contributed by atoms with Gasteiger partial charge in [0.1, 0.15) is 6.29 Å². The topological polar surface area (TPSA) is 37.3 Å². The number of hydrogen-bond acceptors (Lipinski definition) is 2. The molecule has 1 aromatic carbocycles. The molecule has 1 aromatic rings. The van der Waals surface area contributed by atoms with Crippen molar-refractivity contribution in [3.8, 4) is 5.75 Å². The van der Waals surface area contributed by atoms with E-state index in [2.05, 4.69) is 0 Å². The van der Waals surface area contributed by atoms with Gasteiger partial charge in [-0.2, -0.15) is 0 Å². The van der Waals surface area contributed by atoms with Crippen LogP contribution in [0.4, 0.5) is 8.78 Å². The Morgan fingerprint density at radius 3 is 2.23 bits per heavy atom. The zero-order valence-electron chi connectivity index (χ0n) is 6.50. The molecule has 0 unspecified atom stereocenters. The van der Waals surface area contributed by atoms with Gasteiger partial charge in [0, 0.05) is 0 Å². The third kappa shape index (κ3) is 2.11. The first-order valence-corrected chi connectivity index (χ1v) is 3.45. The van der Waals surface area contributed by atoms with E-state index in [0.717, 1.165) is 18.2 Å². The maximum absolute atomic E-state index is 12.7. The van der Waals surface area contributed by atoms with Crippen molar-refractivity contribution in [2.24, 2.45) is 0 Å². The summed E-state index contributed by atoms with van der Waals surface area (Å²) in [4.78, 5) is 9.89. The highest BCUT2D eigenvalue weighted by Crippen LogP contribution is 2.21. The molecular weight excluding hydrogens is 178 g/mol. The van der Waals surface area contributed by atoms with Crippen LogP contribution in [0.25, 0.3) is 6.08 Å². The number of rotatable bonds is 2. The van der Waals surface area contributed by atoms with Crippen molar-refractivity contribution in [3.05, 3.63) is 35.4 Å². The number of aldehydes is 1. The van der Waals surface area contributed by atoms with Crippen LogP contribution in [0.3, 0.4) is 0 Å². The molecule has 0 aliphatic heterocycles. The van der Waals surface area contributed by atoms with Crippen LogP contribution in [-0.2, 0) is 4.79 Å². The molecule has 0 atom stereocenters. The van der Waals surface area contributed by atoms with Crippen molar-refractivity contribution >= 4 is 12.4 Å². The summed E-state index contributed by atoms with van der Waals surface area (Å²) in [6.07, 6.45) is 2.83. The SMILES string of the molecule is O=CC=Cc1cc(F)c(O)c(F)c1. The minimum absolute atomic E-state index is 0.180. The van der Waals surface area contributed by atoms with E-state index in [0.29, 0.717) is 6.29 Å². The largest absolute Gasteiger partial charge is 0.503 e. The number of halogens is 2. The monoisotopic (exact) mass is 184 g/mol. The third-order valence-electron chi connectivity index (χ3n) is 1.41. The smallest absolute Gasteiger partial charge is 0.187 e. The highest BCUT2D eigenvalue weighted by Gasteiger charge is 2.07. The lowest BCUT2D eigenvalue weighted by molar-refractivity contribution is -0.104. The van der Waals surface area contributed by atoms with Gasteiger partial charge in [0.2, 0.25) is 0 Å². The summed E-state index contributed by atoms with van der Waals surface area (Å²) in [7, 11) is 0. The second-order valence-electron chi connectivity index (χ2n) is 2.33. The standard InChI is InChI=1S/C9H6F2O2/c10-7-4-6(2-1-3-12)5-8(11)9(7)13/h1-5,13H. The first-order valence-electron chi connectivity index (χ1n) is 3.45. The summed E-state index contributed by atoms with van der Waals surface area (Å²) in [6.45, 7) is 0. The van der Waals surface area contributed by atoms with E-state index in [1.165, 1.54) is 6.08 Å². The maximum atomic E-state index is 12.7. The van der Waals surface area contributed by atoms with Gasteiger partial charge in [-0.1, -0.05) is 6.08 Å². The van der Waals surface area contributed by atoms with Gasteiger partial charge in [0.05, 0.1) is 0 Å². The number of phenolic OH excluding ortho intramolecular Hbond substituents is 1. The van der Waals surface area contributed by atoms with Crippen molar-refractivity contribution in [2.75, 3.05) is 0 Å². The first kappa shape index (κ1) is 9.38. The van der Waals surface area contributed by atoms with Crippen LogP contribution >= 0.6 is 0 Å². The van der Waals surface area contributed by atoms with E-state index >= 15 is 0 Å². The molecule has 0 amide bonds. The molecule has 0 heterocycles. The highest BCUT2D eigenvalue weighted by atomic mass is 19.1. The van der Waals surface area contributed by atoms with E-state index in [1.807, 2.05) is 0 Å². The van der Waals surface area contributed by atoms with Crippen LogP contribution in [0.5, 0.6) is 5.75 Å². The summed E-state index contributed by atoms with van der Waals surface area (Å²) in [5.41, 5.74) is 0.180. The first-order chi connectivity index (χ1) is 6.15. The quantitative estimate of drug-likeness (QED) is 0.562. The minimum atomic E-state index is -1.05. The number of aromatic hydroxyl groups is 1. The average Bonchev–Trinajstić information content (AvgIpc) is 2.10. The van der Waals surface area contributed by atoms with Crippen molar-refractivity contribution in [3.63, 3.8) is 0 Å². The zero-order valence-corrected chi connectivity index (χ0v) is 6.50. The fourth-order valence-electron chi connectivity index (χ4n) is 0.832. The van der Waals surface area contributed by atoms with Crippen LogP contribution in [0.15, 0.2) is 18.2 Å². The Kier molecular flexibility index (Phi) is 2.74. The van der Waals surface area contributed by atoms with E-state index in [1.54, 1.807) is 0 Å². The predicted octanol–water partition coefficient (Wildman–Crippen LogP) is 1.88. The Morgan fingerprint density at radius 2 is 1.77 bits per heavy atom. The highest BCUT2D eigenvalue weighted by molar-refractivity contribution is 5.73. The van der Waals surface area contributed by atoms with Gasteiger partial charge in [-0.15, -0.1) is 0 Å². The Hall–Kier alpha value is -1.71. The molecule has 1 N–H and O–H groups in total. The van der Waals surface area contributed by atoms with Crippen molar-refractivity contribution in [2.45, 2.75) is 0 Å². The van der Waals surface area contributed by atoms with Crippen molar-refractivity contribution in [1.82, 2.24) is 0 Å². The van der Waals surface area contributed by atoms with Crippen LogP contribution in [-0.4, -0.2) is 11.4 Å². The van der Waals surface area contributed by atoms with Crippen molar-refractivity contribution in [1.29, 1.82) is 0 Å². The van der Waals surface area contributed by atoms with Gasteiger partial charge in [-0.3, -0.25) is 4.79 Å². The Bertz CT molecular complexity index is 336. The average molecular weight is 184 g/mol.